The van der Waals surface area contributed by atoms with Crippen LogP contribution in [0.3, 0.4) is 0 Å². The Balaban J connectivity index is 2.95. The molecule has 0 atom stereocenters. The molecule has 6 heteroatoms. The van der Waals surface area contributed by atoms with Crippen molar-refractivity contribution < 1.29 is 13.5 Å². The second-order valence-corrected chi connectivity index (χ2v) is 4.80. The van der Waals surface area contributed by atoms with Gasteiger partial charge in [0.05, 0.1) is 12.0 Å². The molecular formula is C9H12N2O3S. The summed E-state index contributed by atoms with van der Waals surface area (Å²) in [5, 5.41) is 13.1. The summed E-state index contributed by atoms with van der Waals surface area (Å²) >= 11 is 0. The number of phenolic OH excluding ortho intramolecular Hbond substituents is 1. The third kappa shape index (κ3) is 3.59. The molecule has 15 heavy (non-hydrogen) atoms. The van der Waals surface area contributed by atoms with Gasteiger partial charge in [-0.05, 0) is 19.1 Å². The summed E-state index contributed by atoms with van der Waals surface area (Å²) in [6.45, 7) is 1.60. The summed E-state index contributed by atoms with van der Waals surface area (Å²) in [6.07, 6.45) is 1.01. The Bertz CT molecular complexity index is 480. The van der Waals surface area contributed by atoms with Crippen LogP contribution in [-0.4, -0.2) is 25.5 Å². The summed E-state index contributed by atoms with van der Waals surface area (Å²) in [7, 11) is -3.36. The highest BCUT2D eigenvalue weighted by molar-refractivity contribution is 7.88. The van der Waals surface area contributed by atoms with Gasteiger partial charge in [0.25, 0.3) is 0 Å². The van der Waals surface area contributed by atoms with Crippen LogP contribution in [0.2, 0.25) is 0 Å². The lowest BCUT2D eigenvalue weighted by Crippen LogP contribution is -2.17. The molecular weight excluding hydrogens is 216 g/mol. The molecule has 0 aliphatic heterocycles. The van der Waals surface area contributed by atoms with Crippen molar-refractivity contribution in [2.75, 3.05) is 6.26 Å². The Kier molecular flexibility index (Phi) is 3.31. The number of hydrogen-bond donors (Lipinski definition) is 2. The van der Waals surface area contributed by atoms with Crippen molar-refractivity contribution in [3.05, 3.63) is 29.8 Å². The van der Waals surface area contributed by atoms with Gasteiger partial charge in [-0.1, -0.05) is 12.1 Å². The first-order valence-corrected chi connectivity index (χ1v) is 6.09. The van der Waals surface area contributed by atoms with E-state index in [1.54, 1.807) is 25.1 Å². The molecule has 0 fully saturated rings. The van der Waals surface area contributed by atoms with E-state index in [1.807, 2.05) is 4.83 Å². The van der Waals surface area contributed by atoms with Gasteiger partial charge < -0.3 is 5.11 Å². The van der Waals surface area contributed by atoms with E-state index >= 15 is 0 Å². The fourth-order valence-corrected chi connectivity index (χ4v) is 1.29. The number of hydrogen-bond acceptors (Lipinski definition) is 4. The molecule has 2 N–H and O–H groups in total. The van der Waals surface area contributed by atoms with Gasteiger partial charge in [-0.15, -0.1) is 0 Å². The van der Waals surface area contributed by atoms with Crippen LogP contribution < -0.4 is 4.83 Å². The third-order valence-corrected chi connectivity index (χ3v) is 2.10. The monoisotopic (exact) mass is 228 g/mol. The number of nitrogens with one attached hydrogen (secondary N) is 1. The van der Waals surface area contributed by atoms with Crippen molar-refractivity contribution in [1.82, 2.24) is 4.83 Å². The van der Waals surface area contributed by atoms with Crippen LogP contribution in [0.5, 0.6) is 5.75 Å². The zero-order valence-electron chi connectivity index (χ0n) is 8.43. The summed E-state index contributed by atoms with van der Waals surface area (Å²) < 4.78 is 21.5. The maximum atomic E-state index is 10.8. The minimum Gasteiger partial charge on any atom is -0.507 e. The lowest BCUT2D eigenvalue weighted by Gasteiger charge is -2.03. The number of nitrogens with zero attached hydrogens (tertiary/aromatic N) is 1. The molecule has 82 valence electrons. The molecule has 0 aromatic heterocycles. The van der Waals surface area contributed by atoms with E-state index in [0.717, 1.165) is 6.26 Å². The maximum Gasteiger partial charge on any atom is 0.244 e. The second kappa shape index (κ2) is 4.31. The van der Waals surface area contributed by atoms with Crippen LogP contribution in [0.15, 0.2) is 29.4 Å². The molecule has 0 heterocycles. The zero-order valence-corrected chi connectivity index (χ0v) is 9.25. The minimum atomic E-state index is -3.36. The first kappa shape index (κ1) is 11.5. The highest BCUT2D eigenvalue weighted by Gasteiger charge is 2.04. The van der Waals surface area contributed by atoms with Crippen LogP contribution >= 0.6 is 0 Å². The molecule has 0 bridgehead atoms. The van der Waals surface area contributed by atoms with Crippen LogP contribution in [0.4, 0.5) is 0 Å². The smallest absolute Gasteiger partial charge is 0.244 e. The fourth-order valence-electron chi connectivity index (χ4n) is 0.991. The summed E-state index contributed by atoms with van der Waals surface area (Å²) in [4.78, 5) is 2.00. The Morgan fingerprint density at radius 2 is 2.00 bits per heavy atom. The van der Waals surface area contributed by atoms with E-state index < -0.39 is 10.0 Å². The Morgan fingerprint density at radius 1 is 1.40 bits per heavy atom. The largest absolute Gasteiger partial charge is 0.507 e. The average Bonchev–Trinajstić information content (AvgIpc) is 2.14. The third-order valence-electron chi connectivity index (χ3n) is 1.67. The van der Waals surface area contributed by atoms with Crippen molar-refractivity contribution in [2.45, 2.75) is 6.92 Å². The number of para-hydroxylation sites is 1. The fraction of sp³-hybridized carbons (Fsp3) is 0.222. The average molecular weight is 228 g/mol. The highest BCUT2D eigenvalue weighted by Crippen LogP contribution is 2.16. The van der Waals surface area contributed by atoms with E-state index in [4.69, 9.17) is 0 Å². The van der Waals surface area contributed by atoms with Crippen LogP contribution in [0.25, 0.3) is 0 Å². The first-order valence-electron chi connectivity index (χ1n) is 4.19. The highest BCUT2D eigenvalue weighted by atomic mass is 32.2. The van der Waals surface area contributed by atoms with Gasteiger partial charge in [0.2, 0.25) is 10.0 Å². The first-order chi connectivity index (χ1) is 6.90. The van der Waals surface area contributed by atoms with Gasteiger partial charge in [0.1, 0.15) is 5.75 Å². The Labute approximate surface area is 88.5 Å². The number of aromatic hydroxyl groups is 1. The number of sulfonamides is 1. The molecule has 0 amide bonds. The Morgan fingerprint density at radius 3 is 2.53 bits per heavy atom. The van der Waals surface area contributed by atoms with E-state index in [2.05, 4.69) is 5.10 Å². The lowest BCUT2D eigenvalue weighted by atomic mass is 10.1. The maximum absolute atomic E-state index is 10.8. The van der Waals surface area contributed by atoms with Crippen LogP contribution in [-0.2, 0) is 10.0 Å². The van der Waals surface area contributed by atoms with Crippen LogP contribution in [0.1, 0.15) is 12.5 Å². The van der Waals surface area contributed by atoms with E-state index in [0.29, 0.717) is 11.3 Å². The predicted molar refractivity (Wildman–Crippen MR) is 58.3 cm³/mol. The number of rotatable bonds is 3. The SMILES string of the molecule is C/C(=N\NS(C)(=O)=O)c1ccccc1O. The van der Waals surface area contributed by atoms with Crippen molar-refractivity contribution in [3.8, 4) is 5.75 Å². The molecule has 5 nitrogen and oxygen atoms in total. The van der Waals surface area contributed by atoms with E-state index in [-0.39, 0.29) is 5.75 Å². The molecule has 0 saturated carbocycles. The molecule has 1 aromatic rings. The molecule has 1 rings (SSSR count). The van der Waals surface area contributed by atoms with Crippen molar-refractivity contribution in [3.63, 3.8) is 0 Å². The van der Waals surface area contributed by atoms with Crippen molar-refractivity contribution in [2.24, 2.45) is 5.10 Å². The summed E-state index contributed by atoms with van der Waals surface area (Å²) in [6, 6.07) is 6.57. The summed E-state index contributed by atoms with van der Waals surface area (Å²) in [5.74, 6) is 0.0639. The Hall–Kier alpha value is -1.56. The molecule has 0 saturated heterocycles. The zero-order chi connectivity index (χ0) is 11.5. The second-order valence-electron chi connectivity index (χ2n) is 3.08. The number of benzene rings is 1. The number of phenols is 1. The van der Waals surface area contributed by atoms with Gasteiger partial charge in [-0.2, -0.15) is 5.10 Å². The van der Waals surface area contributed by atoms with Gasteiger partial charge >= 0.3 is 0 Å². The molecule has 0 radical (unpaired) electrons. The lowest BCUT2D eigenvalue weighted by molar-refractivity contribution is 0.474. The van der Waals surface area contributed by atoms with Crippen molar-refractivity contribution >= 4 is 15.7 Å². The molecule has 1 aromatic carbocycles. The van der Waals surface area contributed by atoms with Gasteiger partial charge in [0.15, 0.2) is 0 Å². The normalized spacial score (nSPS) is 12.5. The predicted octanol–water partition coefficient (Wildman–Crippen LogP) is 0.665. The molecule has 0 aliphatic rings. The molecule has 0 aliphatic carbocycles. The quantitative estimate of drug-likeness (QED) is 0.589. The van der Waals surface area contributed by atoms with E-state index in [9.17, 15) is 13.5 Å². The van der Waals surface area contributed by atoms with Gasteiger partial charge in [-0.3, -0.25) is 0 Å². The molecule has 0 spiro atoms. The molecule has 0 unspecified atom stereocenters. The van der Waals surface area contributed by atoms with Crippen LogP contribution in [0, 0.1) is 0 Å². The minimum absolute atomic E-state index is 0.0639. The topological polar surface area (TPSA) is 78.8 Å². The van der Waals surface area contributed by atoms with Gasteiger partial charge in [-0.25, -0.2) is 13.2 Å². The van der Waals surface area contributed by atoms with Gasteiger partial charge in [0, 0.05) is 5.56 Å². The number of hydrazone groups is 1. The summed E-state index contributed by atoms with van der Waals surface area (Å²) in [5.41, 5.74) is 0.896. The van der Waals surface area contributed by atoms with Crippen molar-refractivity contribution in [1.29, 1.82) is 0 Å². The van der Waals surface area contributed by atoms with E-state index in [1.165, 1.54) is 6.07 Å². The standard InChI is InChI=1S/C9H12N2O3S/c1-7(10-11-15(2,13)14)8-5-3-4-6-9(8)12/h3-6,11-12H,1-2H3/b10-7+.